The lowest BCUT2D eigenvalue weighted by atomic mass is 10.0. The molecule has 174 valence electrons. The molecule has 3 aromatic carbocycles. The summed E-state index contributed by atoms with van der Waals surface area (Å²) < 4.78 is 28.9. The fourth-order valence-corrected chi connectivity index (χ4v) is 3.68. The Morgan fingerprint density at radius 3 is 1.85 bits per heavy atom. The zero-order valence-corrected chi connectivity index (χ0v) is 20.2. The molecule has 0 aliphatic carbocycles. The molecular weight excluding hydrogens is 422 g/mol. The fraction of sp³-hybridized carbons (Fsp3) is 0.312. The van der Waals surface area contributed by atoms with E-state index in [2.05, 4.69) is 49.7 Å². The molecule has 0 bridgehead atoms. The van der Waals surface area contributed by atoms with Gasteiger partial charge in [-0.1, -0.05) is 81.4 Å². The van der Waals surface area contributed by atoms with Gasteiger partial charge >= 0.3 is 0 Å². The van der Waals surface area contributed by atoms with E-state index in [-0.39, 0.29) is 11.4 Å². The standard InChI is InChI=1S/C32H32F2/c1-3-5-7-8-10-29-20-17-28(24-31(29)33)19-22-30-21-18-27(23-32(30)34)16-15-26-13-11-25(12-14-26)9-6-4-2/h11-14,17-18,20-21,23-24H,3-10H2,1-2H3. The van der Waals surface area contributed by atoms with Crippen molar-refractivity contribution in [2.75, 3.05) is 0 Å². The molecule has 0 nitrogen and oxygen atoms in total. The molecular formula is C32H32F2. The predicted octanol–water partition coefficient (Wildman–Crippen LogP) is 8.23. The molecule has 34 heavy (non-hydrogen) atoms. The molecule has 0 amide bonds. The van der Waals surface area contributed by atoms with Gasteiger partial charge in [0.25, 0.3) is 0 Å². The van der Waals surface area contributed by atoms with Gasteiger partial charge in [0.15, 0.2) is 0 Å². The number of hydrogen-bond donors (Lipinski definition) is 0. The van der Waals surface area contributed by atoms with Gasteiger partial charge in [-0.25, -0.2) is 8.78 Å². The lowest BCUT2D eigenvalue weighted by Crippen LogP contribution is -1.92. The van der Waals surface area contributed by atoms with Crippen LogP contribution in [0.2, 0.25) is 0 Å². The van der Waals surface area contributed by atoms with E-state index in [9.17, 15) is 8.78 Å². The van der Waals surface area contributed by atoms with Gasteiger partial charge in [0.2, 0.25) is 0 Å². The van der Waals surface area contributed by atoms with Crippen molar-refractivity contribution in [3.63, 3.8) is 0 Å². The SMILES string of the molecule is CCCCCCc1ccc(C#Cc2ccc(C#Cc3ccc(CCCC)cc3)cc2F)cc1F. The Kier molecular flexibility index (Phi) is 9.94. The minimum absolute atomic E-state index is 0.243. The second-order valence-electron chi connectivity index (χ2n) is 8.61. The van der Waals surface area contributed by atoms with Crippen molar-refractivity contribution in [2.24, 2.45) is 0 Å². The molecule has 0 aliphatic rings. The number of aryl methyl sites for hydroxylation is 2. The molecule has 3 rings (SSSR count). The first-order valence-corrected chi connectivity index (χ1v) is 12.3. The van der Waals surface area contributed by atoms with Gasteiger partial charge in [0.05, 0.1) is 5.56 Å². The zero-order chi connectivity index (χ0) is 24.2. The summed E-state index contributed by atoms with van der Waals surface area (Å²) in [7, 11) is 0. The number of benzene rings is 3. The highest BCUT2D eigenvalue weighted by Crippen LogP contribution is 2.15. The average Bonchev–Trinajstić information content (AvgIpc) is 2.85. The molecule has 0 aliphatic heterocycles. The molecule has 0 saturated carbocycles. The minimum Gasteiger partial charge on any atom is -0.207 e. The van der Waals surface area contributed by atoms with Crippen molar-refractivity contribution < 1.29 is 8.78 Å². The fourth-order valence-electron chi connectivity index (χ4n) is 3.68. The van der Waals surface area contributed by atoms with E-state index in [0.717, 1.165) is 37.7 Å². The van der Waals surface area contributed by atoms with Crippen molar-refractivity contribution in [3.8, 4) is 23.7 Å². The number of rotatable bonds is 8. The van der Waals surface area contributed by atoms with Gasteiger partial charge in [0.1, 0.15) is 11.6 Å². The van der Waals surface area contributed by atoms with E-state index in [1.165, 1.54) is 37.0 Å². The molecule has 0 spiro atoms. The Morgan fingerprint density at radius 2 is 1.18 bits per heavy atom. The van der Waals surface area contributed by atoms with Crippen molar-refractivity contribution >= 4 is 0 Å². The Balaban J connectivity index is 1.64. The van der Waals surface area contributed by atoms with Gasteiger partial charge in [-0.3, -0.25) is 0 Å². The normalized spacial score (nSPS) is 10.2. The highest BCUT2D eigenvalue weighted by atomic mass is 19.1. The van der Waals surface area contributed by atoms with Crippen LogP contribution in [0.1, 0.15) is 85.8 Å². The van der Waals surface area contributed by atoms with Crippen LogP contribution in [0, 0.1) is 35.3 Å². The van der Waals surface area contributed by atoms with Crippen molar-refractivity contribution in [1.29, 1.82) is 0 Å². The lowest BCUT2D eigenvalue weighted by molar-refractivity contribution is 0.593. The maximum atomic E-state index is 14.6. The van der Waals surface area contributed by atoms with Crippen LogP contribution in [0.4, 0.5) is 8.78 Å². The summed E-state index contributed by atoms with van der Waals surface area (Å²) in [4.78, 5) is 0. The van der Waals surface area contributed by atoms with E-state index >= 15 is 0 Å². The van der Waals surface area contributed by atoms with Crippen molar-refractivity contribution in [3.05, 3.63) is 106 Å². The van der Waals surface area contributed by atoms with Crippen LogP contribution in [0.25, 0.3) is 0 Å². The summed E-state index contributed by atoms with van der Waals surface area (Å²) in [5.74, 6) is 11.1. The van der Waals surface area contributed by atoms with Crippen LogP contribution in [0.5, 0.6) is 0 Å². The monoisotopic (exact) mass is 454 g/mol. The highest BCUT2D eigenvalue weighted by molar-refractivity contribution is 5.49. The van der Waals surface area contributed by atoms with E-state index in [1.807, 2.05) is 12.1 Å². The molecule has 2 heteroatoms. The number of halogens is 2. The van der Waals surface area contributed by atoms with Crippen LogP contribution in [-0.2, 0) is 12.8 Å². The second kappa shape index (κ2) is 13.4. The third-order valence-electron chi connectivity index (χ3n) is 5.79. The van der Waals surface area contributed by atoms with Gasteiger partial charge in [-0.2, -0.15) is 0 Å². The maximum Gasteiger partial charge on any atom is 0.140 e. The summed E-state index contributed by atoms with van der Waals surface area (Å²) in [6.45, 7) is 4.34. The van der Waals surface area contributed by atoms with Crippen LogP contribution < -0.4 is 0 Å². The quantitative estimate of drug-likeness (QED) is 0.237. The first-order valence-electron chi connectivity index (χ1n) is 12.3. The molecule has 0 fully saturated rings. The molecule has 0 heterocycles. The Morgan fingerprint density at radius 1 is 0.559 bits per heavy atom. The summed E-state index contributed by atoms with van der Waals surface area (Å²) in [5.41, 5.74) is 4.33. The van der Waals surface area contributed by atoms with Gasteiger partial charge in [-0.15, -0.1) is 0 Å². The summed E-state index contributed by atoms with van der Waals surface area (Å²) >= 11 is 0. The first kappa shape index (κ1) is 25.3. The van der Waals surface area contributed by atoms with Gasteiger partial charge < -0.3 is 0 Å². The molecule has 0 aromatic heterocycles. The van der Waals surface area contributed by atoms with Gasteiger partial charge in [-0.05, 0) is 79.3 Å². The molecule has 0 radical (unpaired) electrons. The van der Waals surface area contributed by atoms with Crippen LogP contribution in [0.3, 0.4) is 0 Å². The Labute approximate surface area is 203 Å². The largest absolute Gasteiger partial charge is 0.207 e. The summed E-state index contributed by atoms with van der Waals surface area (Å²) in [5, 5.41) is 0. The summed E-state index contributed by atoms with van der Waals surface area (Å²) in [6, 6.07) is 18.0. The van der Waals surface area contributed by atoms with E-state index in [0.29, 0.717) is 16.7 Å². The van der Waals surface area contributed by atoms with Crippen LogP contribution >= 0.6 is 0 Å². The summed E-state index contributed by atoms with van der Waals surface area (Å²) in [6.07, 6.45) is 8.60. The average molecular weight is 455 g/mol. The van der Waals surface area contributed by atoms with Crippen LogP contribution in [-0.4, -0.2) is 0 Å². The molecule has 0 atom stereocenters. The number of hydrogen-bond acceptors (Lipinski definition) is 0. The second-order valence-corrected chi connectivity index (χ2v) is 8.61. The molecule has 0 unspecified atom stereocenters. The molecule has 0 N–H and O–H groups in total. The third kappa shape index (κ3) is 7.90. The van der Waals surface area contributed by atoms with Crippen LogP contribution in [0.15, 0.2) is 60.7 Å². The number of unbranched alkanes of at least 4 members (excludes halogenated alkanes) is 4. The first-order chi connectivity index (χ1) is 16.6. The van der Waals surface area contributed by atoms with E-state index < -0.39 is 5.82 Å². The highest BCUT2D eigenvalue weighted by Gasteiger charge is 2.04. The van der Waals surface area contributed by atoms with E-state index in [4.69, 9.17) is 0 Å². The molecule has 3 aromatic rings. The Hall–Kier alpha value is -3.36. The Bertz CT molecular complexity index is 1200. The van der Waals surface area contributed by atoms with Crippen molar-refractivity contribution in [1.82, 2.24) is 0 Å². The van der Waals surface area contributed by atoms with Gasteiger partial charge in [0, 0.05) is 16.7 Å². The third-order valence-corrected chi connectivity index (χ3v) is 5.79. The van der Waals surface area contributed by atoms with Crippen molar-refractivity contribution in [2.45, 2.75) is 65.2 Å². The smallest absolute Gasteiger partial charge is 0.140 e. The maximum absolute atomic E-state index is 14.6. The van der Waals surface area contributed by atoms with E-state index in [1.54, 1.807) is 24.3 Å². The topological polar surface area (TPSA) is 0 Å². The minimum atomic E-state index is -0.428. The molecule has 0 saturated heterocycles. The lowest BCUT2D eigenvalue weighted by Gasteiger charge is -2.03. The predicted molar refractivity (Wildman–Crippen MR) is 138 cm³/mol. The zero-order valence-electron chi connectivity index (χ0n) is 20.2.